The predicted octanol–water partition coefficient (Wildman–Crippen LogP) is 6.20. The molecule has 2 aromatic carbocycles. The largest absolute Gasteiger partial charge is 0.469 e. The minimum atomic E-state index is -1.07. The Hall–Kier alpha value is -2.73. The molecule has 2 aliphatic rings. The Morgan fingerprint density at radius 1 is 1.18 bits per heavy atom. The molecular formula is C28H29ClF3N3O4S. The number of ketones is 1. The molecule has 12 heteroatoms. The highest BCUT2D eigenvalue weighted by Crippen LogP contribution is 2.34. The lowest BCUT2D eigenvalue weighted by Gasteiger charge is -2.33. The van der Waals surface area contributed by atoms with Crippen LogP contribution in [0.2, 0.25) is 5.02 Å². The molecule has 214 valence electrons. The van der Waals surface area contributed by atoms with Gasteiger partial charge < -0.3 is 14.8 Å². The number of hydrogen-bond donors (Lipinski definition) is 1. The molecule has 2 atom stereocenters. The number of nitrogens with zero attached hydrogens (tertiary/aromatic N) is 2. The van der Waals surface area contributed by atoms with Crippen LogP contribution in [0.1, 0.15) is 37.7 Å². The van der Waals surface area contributed by atoms with Gasteiger partial charge in [0.2, 0.25) is 0 Å². The quantitative estimate of drug-likeness (QED) is 0.295. The van der Waals surface area contributed by atoms with E-state index in [2.05, 4.69) is 10.3 Å². The van der Waals surface area contributed by atoms with Crippen LogP contribution in [0.3, 0.4) is 0 Å². The third kappa shape index (κ3) is 6.59. The Morgan fingerprint density at radius 2 is 1.95 bits per heavy atom. The first-order valence-electron chi connectivity index (χ1n) is 13.1. The maximum absolute atomic E-state index is 15.2. The molecule has 0 bridgehead atoms. The Balaban J connectivity index is 1.28. The van der Waals surface area contributed by atoms with Crippen molar-refractivity contribution in [1.82, 2.24) is 9.88 Å². The normalized spacial score (nSPS) is 22.4. The molecule has 1 aliphatic heterocycles. The highest BCUT2D eigenvalue weighted by atomic mass is 35.5. The minimum Gasteiger partial charge on any atom is -0.469 e. The van der Waals surface area contributed by atoms with Crippen molar-refractivity contribution in [3.8, 4) is 0 Å². The van der Waals surface area contributed by atoms with Gasteiger partial charge in [-0.25, -0.2) is 18.2 Å². The van der Waals surface area contributed by atoms with Gasteiger partial charge in [-0.15, -0.1) is 0 Å². The zero-order valence-corrected chi connectivity index (χ0v) is 23.4. The van der Waals surface area contributed by atoms with Crippen LogP contribution in [0.25, 0.3) is 10.2 Å². The van der Waals surface area contributed by atoms with E-state index in [9.17, 15) is 18.4 Å². The van der Waals surface area contributed by atoms with E-state index in [4.69, 9.17) is 21.1 Å². The first-order valence-corrected chi connectivity index (χ1v) is 14.3. The molecule has 1 saturated heterocycles. The molecule has 1 saturated carbocycles. The molecule has 1 N–H and O–H groups in total. The van der Waals surface area contributed by atoms with Crippen molar-refractivity contribution in [3.63, 3.8) is 0 Å². The molecule has 40 heavy (non-hydrogen) atoms. The number of fused-ring (bicyclic) bond motifs is 1. The summed E-state index contributed by atoms with van der Waals surface area (Å²) in [6.45, 7) is 0.416. The molecule has 5 rings (SSSR count). The zero-order valence-electron chi connectivity index (χ0n) is 21.8. The van der Waals surface area contributed by atoms with E-state index in [1.807, 2.05) is 0 Å². The van der Waals surface area contributed by atoms with Crippen LogP contribution in [0.4, 0.5) is 24.0 Å². The number of benzene rings is 2. The number of thiazole rings is 1. The van der Waals surface area contributed by atoms with Crippen LogP contribution >= 0.6 is 22.9 Å². The average molecular weight is 596 g/mol. The van der Waals surface area contributed by atoms with Gasteiger partial charge in [0.05, 0.1) is 40.1 Å². The standard InChI is InChI=1S/C28H29ClF3N3O4S/c1-38-27(37)15-2-5-19(6-3-15)39-26(35-9-8-18(31)14-35)24(36)11-16-10-20(29)22(13-21(16)32)33-28-34-23-12-17(30)4-7-25(23)40-28/h4,7,10,12-13,15,18-19,26H,2-3,5-6,8-9,11,14H2,1H3,(H,33,34)/t15?,18-,19?,26?/m0/s1. The van der Waals surface area contributed by atoms with Gasteiger partial charge in [-0.05, 0) is 61.9 Å². The SMILES string of the molecule is COC(=O)C1CCC(OC(C(=O)Cc2cc(Cl)c(Nc3nc4cc(F)ccc4s3)cc2F)N2CC[C@H](F)C2)CC1. The van der Waals surface area contributed by atoms with Crippen LogP contribution in [0.15, 0.2) is 30.3 Å². The van der Waals surface area contributed by atoms with Crippen LogP contribution < -0.4 is 5.32 Å². The predicted molar refractivity (Wildman–Crippen MR) is 147 cm³/mol. The highest BCUT2D eigenvalue weighted by Gasteiger charge is 2.37. The van der Waals surface area contributed by atoms with Crippen molar-refractivity contribution in [1.29, 1.82) is 0 Å². The van der Waals surface area contributed by atoms with E-state index in [-0.39, 0.29) is 47.2 Å². The van der Waals surface area contributed by atoms with E-state index < -0.39 is 29.8 Å². The van der Waals surface area contributed by atoms with Gasteiger partial charge in [-0.3, -0.25) is 14.5 Å². The minimum absolute atomic E-state index is 0.0616. The first kappa shape index (κ1) is 28.8. The summed E-state index contributed by atoms with van der Waals surface area (Å²) in [4.78, 5) is 31.3. The monoisotopic (exact) mass is 595 g/mol. The number of carbonyl (C=O) groups excluding carboxylic acids is 2. The molecule has 3 aromatic rings. The molecule has 2 heterocycles. The summed E-state index contributed by atoms with van der Waals surface area (Å²) in [5.74, 6) is -1.90. The maximum Gasteiger partial charge on any atom is 0.308 e. The van der Waals surface area contributed by atoms with Crippen molar-refractivity contribution in [3.05, 3.63) is 52.6 Å². The van der Waals surface area contributed by atoms with Gasteiger partial charge in [0.15, 0.2) is 17.1 Å². The van der Waals surface area contributed by atoms with E-state index in [1.54, 1.807) is 11.0 Å². The number of halogens is 4. The van der Waals surface area contributed by atoms with E-state index in [0.717, 1.165) is 4.70 Å². The molecule has 2 fully saturated rings. The van der Waals surface area contributed by atoms with Gasteiger partial charge in [-0.1, -0.05) is 22.9 Å². The van der Waals surface area contributed by atoms with Crippen LogP contribution in [0, 0.1) is 17.6 Å². The maximum atomic E-state index is 15.2. The topological polar surface area (TPSA) is 80.8 Å². The summed E-state index contributed by atoms with van der Waals surface area (Å²) in [6, 6.07) is 6.82. The molecule has 0 spiro atoms. The van der Waals surface area contributed by atoms with Crippen molar-refractivity contribution >= 4 is 55.7 Å². The van der Waals surface area contributed by atoms with E-state index >= 15 is 4.39 Å². The van der Waals surface area contributed by atoms with Crippen molar-refractivity contribution in [2.45, 2.75) is 57.0 Å². The Kier molecular flexibility index (Phi) is 8.94. The lowest BCUT2D eigenvalue weighted by molar-refractivity contribution is -0.158. The van der Waals surface area contributed by atoms with E-state index in [1.165, 1.54) is 42.7 Å². The molecular weight excluding hydrogens is 567 g/mol. The molecule has 1 aromatic heterocycles. The Labute approximate surface area is 238 Å². The molecule has 7 nitrogen and oxygen atoms in total. The van der Waals surface area contributed by atoms with Crippen LogP contribution in [0.5, 0.6) is 0 Å². The fraction of sp³-hybridized carbons (Fsp3) is 0.464. The lowest BCUT2D eigenvalue weighted by Crippen LogP contribution is -2.45. The number of rotatable bonds is 9. The summed E-state index contributed by atoms with van der Waals surface area (Å²) in [5.41, 5.74) is 0.810. The summed E-state index contributed by atoms with van der Waals surface area (Å²) >= 11 is 7.70. The van der Waals surface area contributed by atoms with Gasteiger partial charge in [0.1, 0.15) is 17.8 Å². The number of carbonyl (C=O) groups is 2. The molecule has 1 unspecified atom stereocenters. The van der Waals surface area contributed by atoms with Crippen molar-refractivity contribution in [2.75, 3.05) is 25.5 Å². The fourth-order valence-corrected chi connectivity index (χ4v) is 6.36. The summed E-state index contributed by atoms with van der Waals surface area (Å²) < 4.78 is 54.5. The molecule has 0 radical (unpaired) electrons. The number of Topliss-reactive ketones (excluding diaryl/α,β-unsaturated/α-hetero) is 1. The smallest absolute Gasteiger partial charge is 0.308 e. The van der Waals surface area contributed by atoms with Crippen LogP contribution in [-0.2, 0) is 25.5 Å². The van der Waals surface area contributed by atoms with Gasteiger partial charge in [0.25, 0.3) is 0 Å². The Morgan fingerprint density at radius 3 is 2.65 bits per heavy atom. The number of anilines is 2. The van der Waals surface area contributed by atoms with Gasteiger partial charge in [-0.2, -0.15) is 0 Å². The number of nitrogens with one attached hydrogen (secondary N) is 1. The zero-order chi connectivity index (χ0) is 28.4. The molecule has 0 amide bonds. The summed E-state index contributed by atoms with van der Waals surface area (Å²) in [6.07, 6.45) is -0.0910. The van der Waals surface area contributed by atoms with Crippen molar-refractivity contribution < 1.29 is 32.2 Å². The second-order valence-corrected chi connectivity index (χ2v) is 11.6. The summed E-state index contributed by atoms with van der Waals surface area (Å²) in [5, 5.41) is 3.56. The van der Waals surface area contributed by atoms with E-state index in [0.29, 0.717) is 49.3 Å². The van der Waals surface area contributed by atoms with Gasteiger partial charge in [0, 0.05) is 25.6 Å². The summed E-state index contributed by atoms with van der Waals surface area (Å²) in [7, 11) is 1.36. The van der Waals surface area contributed by atoms with Crippen LogP contribution in [-0.4, -0.2) is 60.3 Å². The number of hydrogen-bond acceptors (Lipinski definition) is 8. The first-order chi connectivity index (χ1) is 19.2. The molecule has 1 aliphatic carbocycles. The second kappa shape index (κ2) is 12.4. The number of methoxy groups -OCH3 is 1. The number of ether oxygens (including phenoxy) is 2. The third-order valence-electron chi connectivity index (χ3n) is 7.39. The lowest BCUT2D eigenvalue weighted by atomic mass is 9.87. The fourth-order valence-electron chi connectivity index (χ4n) is 5.27. The third-order valence-corrected chi connectivity index (χ3v) is 8.66. The number of aromatic nitrogens is 1. The number of likely N-dealkylation sites (tertiary alicyclic amines) is 1. The van der Waals surface area contributed by atoms with Crippen molar-refractivity contribution in [2.24, 2.45) is 5.92 Å². The number of alkyl halides is 1. The average Bonchev–Trinajstić information content (AvgIpc) is 3.54. The second-order valence-electron chi connectivity index (χ2n) is 10.2. The highest BCUT2D eigenvalue weighted by molar-refractivity contribution is 7.22. The Bertz CT molecular complexity index is 1400. The van der Waals surface area contributed by atoms with Gasteiger partial charge >= 0.3 is 5.97 Å². The number of esters is 1.